The van der Waals surface area contributed by atoms with E-state index in [9.17, 15) is 8.78 Å². The summed E-state index contributed by atoms with van der Waals surface area (Å²) in [5.41, 5.74) is 0.755. The standard InChI is InChI=1S/C12H10ClF2N3O/c1-19-6-10-5-11(13)18-12(17-10)16-9-3-7(14)2-8(15)4-9/h2-5H,6H2,1H3,(H,16,17,18). The fourth-order valence-electron chi connectivity index (χ4n) is 1.50. The van der Waals surface area contributed by atoms with Crippen molar-refractivity contribution in [1.82, 2.24) is 9.97 Å². The second kappa shape index (κ2) is 5.90. The minimum absolute atomic E-state index is 0.143. The van der Waals surface area contributed by atoms with E-state index >= 15 is 0 Å². The molecule has 0 aliphatic rings. The second-order valence-electron chi connectivity index (χ2n) is 3.72. The molecule has 1 N–H and O–H groups in total. The third kappa shape index (κ3) is 3.84. The number of anilines is 2. The maximum absolute atomic E-state index is 13.0. The number of nitrogens with zero attached hydrogens (tertiary/aromatic N) is 2. The summed E-state index contributed by atoms with van der Waals surface area (Å²) < 4.78 is 31.0. The van der Waals surface area contributed by atoms with Gasteiger partial charge >= 0.3 is 0 Å². The van der Waals surface area contributed by atoms with Gasteiger partial charge in [0.25, 0.3) is 0 Å². The Kier molecular flexibility index (Phi) is 4.24. The average molecular weight is 286 g/mol. The zero-order valence-corrected chi connectivity index (χ0v) is 10.7. The van der Waals surface area contributed by atoms with Crippen molar-refractivity contribution >= 4 is 23.2 Å². The van der Waals surface area contributed by atoms with E-state index in [-0.39, 0.29) is 23.4 Å². The second-order valence-corrected chi connectivity index (χ2v) is 4.11. The van der Waals surface area contributed by atoms with E-state index in [2.05, 4.69) is 15.3 Å². The molecule has 0 atom stereocenters. The van der Waals surface area contributed by atoms with E-state index in [1.807, 2.05) is 0 Å². The number of rotatable bonds is 4. The van der Waals surface area contributed by atoms with Crippen LogP contribution < -0.4 is 5.32 Å². The van der Waals surface area contributed by atoms with Crippen LogP contribution >= 0.6 is 11.6 Å². The summed E-state index contributed by atoms with van der Waals surface area (Å²) in [7, 11) is 1.52. The van der Waals surface area contributed by atoms with Crippen LogP contribution in [0.3, 0.4) is 0 Å². The summed E-state index contributed by atoms with van der Waals surface area (Å²) >= 11 is 5.82. The number of aromatic nitrogens is 2. The molecule has 0 saturated carbocycles. The van der Waals surface area contributed by atoms with Gasteiger partial charge in [-0.05, 0) is 18.2 Å². The molecule has 0 fully saturated rings. The van der Waals surface area contributed by atoms with E-state index in [1.165, 1.54) is 7.11 Å². The van der Waals surface area contributed by atoms with Crippen molar-refractivity contribution < 1.29 is 13.5 Å². The maximum Gasteiger partial charge on any atom is 0.228 e. The number of ether oxygens (including phenoxy) is 1. The van der Waals surface area contributed by atoms with Gasteiger partial charge in [0.05, 0.1) is 12.3 Å². The lowest BCUT2D eigenvalue weighted by molar-refractivity contribution is 0.181. The maximum atomic E-state index is 13.0. The molecule has 0 amide bonds. The molecule has 0 saturated heterocycles. The van der Waals surface area contributed by atoms with E-state index in [1.54, 1.807) is 6.07 Å². The van der Waals surface area contributed by atoms with Crippen molar-refractivity contribution in [2.75, 3.05) is 12.4 Å². The lowest BCUT2D eigenvalue weighted by atomic mass is 10.3. The molecule has 1 aromatic heterocycles. The zero-order chi connectivity index (χ0) is 13.8. The number of halogens is 3. The van der Waals surface area contributed by atoms with Gasteiger partial charge in [0.1, 0.15) is 16.8 Å². The van der Waals surface area contributed by atoms with E-state index in [0.29, 0.717) is 5.69 Å². The molecule has 100 valence electrons. The molecule has 0 bridgehead atoms. The lowest BCUT2D eigenvalue weighted by Gasteiger charge is -2.07. The predicted octanol–water partition coefficient (Wildman–Crippen LogP) is 3.30. The van der Waals surface area contributed by atoms with Gasteiger partial charge in [-0.3, -0.25) is 0 Å². The number of nitrogens with one attached hydrogen (secondary N) is 1. The normalized spacial score (nSPS) is 10.5. The van der Waals surface area contributed by atoms with Gasteiger partial charge in [0.15, 0.2) is 0 Å². The Morgan fingerprint density at radius 1 is 1.16 bits per heavy atom. The van der Waals surface area contributed by atoms with Gasteiger partial charge < -0.3 is 10.1 Å². The first-order valence-corrected chi connectivity index (χ1v) is 5.70. The molecular weight excluding hydrogens is 276 g/mol. The highest BCUT2D eigenvalue weighted by molar-refractivity contribution is 6.29. The summed E-state index contributed by atoms with van der Waals surface area (Å²) in [5, 5.41) is 2.89. The smallest absolute Gasteiger partial charge is 0.228 e. The molecule has 0 aliphatic heterocycles. The molecule has 0 spiro atoms. The van der Waals surface area contributed by atoms with Crippen molar-refractivity contribution in [2.24, 2.45) is 0 Å². The first-order valence-electron chi connectivity index (χ1n) is 5.32. The molecule has 4 nitrogen and oxygen atoms in total. The minimum atomic E-state index is -0.693. The summed E-state index contributed by atoms with van der Waals surface area (Å²) in [6.07, 6.45) is 0. The topological polar surface area (TPSA) is 47.0 Å². The Bertz CT molecular complexity index is 575. The number of benzene rings is 1. The predicted molar refractivity (Wildman–Crippen MR) is 67.4 cm³/mol. The Hall–Kier alpha value is -1.79. The van der Waals surface area contributed by atoms with Crippen LogP contribution in [0.5, 0.6) is 0 Å². The number of hydrogen-bond donors (Lipinski definition) is 1. The molecule has 2 rings (SSSR count). The van der Waals surface area contributed by atoms with Crippen LogP contribution in [-0.2, 0) is 11.3 Å². The van der Waals surface area contributed by atoms with Crippen LogP contribution in [0.25, 0.3) is 0 Å². The molecule has 19 heavy (non-hydrogen) atoms. The largest absolute Gasteiger partial charge is 0.378 e. The Balaban J connectivity index is 2.27. The third-order valence-electron chi connectivity index (χ3n) is 2.16. The molecule has 0 unspecified atom stereocenters. The summed E-state index contributed by atoms with van der Waals surface area (Å²) in [6, 6.07) is 4.58. The van der Waals surface area contributed by atoms with Crippen LogP contribution in [0.4, 0.5) is 20.4 Å². The van der Waals surface area contributed by atoms with Gasteiger partial charge in [0, 0.05) is 18.9 Å². The van der Waals surface area contributed by atoms with Crippen molar-refractivity contribution in [1.29, 1.82) is 0 Å². The summed E-state index contributed by atoms with van der Waals surface area (Å²) in [5.74, 6) is -1.24. The molecule has 1 heterocycles. The molecular formula is C12H10ClF2N3O. The summed E-state index contributed by atoms with van der Waals surface area (Å²) in [4.78, 5) is 8.01. The zero-order valence-electron chi connectivity index (χ0n) is 9.95. The Morgan fingerprint density at radius 2 is 1.84 bits per heavy atom. The fourth-order valence-corrected chi connectivity index (χ4v) is 1.70. The highest BCUT2D eigenvalue weighted by atomic mass is 35.5. The van der Waals surface area contributed by atoms with Crippen molar-refractivity contribution in [3.05, 3.63) is 46.7 Å². The van der Waals surface area contributed by atoms with E-state index < -0.39 is 11.6 Å². The lowest BCUT2D eigenvalue weighted by Crippen LogP contribution is -2.02. The molecule has 0 aliphatic carbocycles. The summed E-state index contributed by atoms with van der Waals surface area (Å²) in [6.45, 7) is 0.258. The van der Waals surface area contributed by atoms with E-state index in [4.69, 9.17) is 16.3 Å². The number of methoxy groups -OCH3 is 1. The van der Waals surface area contributed by atoms with Crippen LogP contribution in [0.15, 0.2) is 24.3 Å². The average Bonchev–Trinajstić information content (AvgIpc) is 2.26. The van der Waals surface area contributed by atoms with E-state index in [0.717, 1.165) is 18.2 Å². The minimum Gasteiger partial charge on any atom is -0.378 e. The third-order valence-corrected chi connectivity index (χ3v) is 2.35. The van der Waals surface area contributed by atoms with Crippen LogP contribution in [0.1, 0.15) is 5.69 Å². The monoisotopic (exact) mass is 285 g/mol. The van der Waals surface area contributed by atoms with Gasteiger partial charge in [-0.25, -0.2) is 18.7 Å². The first kappa shape index (κ1) is 13.6. The van der Waals surface area contributed by atoms with Crippen molar-refractivity contribution in [3.63, 3.8) is 0 Å². The van der Waals surface area contributed by atoms with Crippen molar-refractivity contribution in [2.45, 2.75) is 6.61 Å². The fraction of sp³-hybridized carbons (Fsp3) is 0.167. The van der Waals surface area contributed by atoms with Crippen LogP contribution in [-0.4, -0.2) is 17.1 Å². The Labute approximate surface area is 113 Å². The van der Waals surface area contributed by atoms with Crippen LogP contribution in [0, 0.1) is 11.6 Å². The SMILES string of the molecule is COCc1cc(Cl)nc(Nc2cc(F)cc(F)c2)n1. The molecule has 2 aromatic rings. The Morgan fingerprint density at radius 3 is 2.47 bits per heavy atom. The quantitative estimate of drug-likeness (QED) is 0.876. The molecule has 1 aromatic carbocycles. The molecule has 7 heteroatoms. The highest BCUT2D eigenvalue weighted by Gasteiger charge is 2.06. The highest BCUT2D eigenvalue weighted by Crippen LogP contribution is 2.18. The van der Waals surface area contributed by atoms with Gasteiger partial charge in [0.2, 0.25) is 5.95 Å². The van der Waals surface area contributed by atoms with Crippen LogP contribution in [0.2, 0.25) is 5.15 Å². The van der Waals surface area contributed by atoms with Gasteiger partial charge in [-0.15, -0.1) is 0 Å². The van der Waals surface area contributed by atoms with Gasteiger partial charge in [-0.2, -0.15) is 0 Å². The van der Waals surface area contributed by atoms with Gasteiger partial charge in [-0.1, -0.05) is 11.6 Å². The number of hydrogen-bond acceptors (Lipinski definition) is 4. The molecule has 0 radical (unpaired) electrons. The van der Waals surface area contributed by atoms with Crippen molar-refractivity contribution in [3.8, 4) is 0 Å². The first-order chi connectivity index (χ1) is 9.06.